The van der Waals surface area contributed by atoms with Crippen LogP contribution in [0.25, 0.3) is 0 Å². The molecule has 0 saturated carbocycles. The highest BCUT2D eigenvalue weighted by Crippen LogP contribution is 2.58. The van der Waals surface area contributed by atoms with E-state index in [-0.39, 0.29) is 69.0 Å². The van der Waals surface area contributed by atoms with Gasteiger partial charge >= 0.3 is 0 Å². The molecule has 1 aliphatic heterocycles. The van der Waals surface area contributed by atoms with Crippen molar-refractivity contribution in [2.45, 2.75) is 18.8 Å². The summed E-state index contributed by atoms with van der Waals surface area (Å²) in [4.78, 5) is 69.6. The Kier molecular flexibility index (Phi) is 7.55. The first kappa shape index (κ1) is 30.6. The number of benzene rings is 3. The maximum Gasteiger partial charge on any atom is 0.238 e. The number of phenols is 1. The molecule has 0 aromatic heterocycles. The smallest absolute Gasteiger partial charge is 0.238 e. The third-order valence-electron chi connectivity index (χ3n) is 9.57. The summed E-state index contributed by atoms with van der Waals surface area (Å²) in [5.74, 6) is -4.19. The van der Waals surface area contributed by atoms with Gasteiger partial charge in [0, 0.05) is 52.0 Å². The number of methoxy groups -OCH3 is 2. The molecule has 9 nitrogen and oxygen atoms in total. The van der Waals surface area contributed by atoms with E-state index >= 15 is 0 Å². The van der Waals surface area contributed by atoms with Gasteiger partial charge in [-0.2, -0.15) is 0 Å². The summed E-state index contributed by atoms with van der Waals surface area (Å²) < 4.78 is 11.4. The number of hydrogen-bond acceptors (Lipinski definition) is 8. The van der Waals surface area contributed by atoms with Gasteiger partial charge in [0.15, 0.2) is 17.3 Å². The fourth-order valence-corrected chi connectivity index (χ4v) is 7.97. The fraction of sp³-hybridized carbons (Fsp3) is 0.216. The molecular weight excluding hydrogens is 666 g/mol. The summed E-state index contributed by atoms with van der Waals surface area (Å²) in [6.45, 7) is 0. The summed E-state index contributed by atoms with van der Waals surface area (Å²) in [6, 6.07) is 18.0. The predicted octanol–water partition coefficient (Wildman–Crippen LogP) is 5.61. The third kappa shape index (κ3) is 4.77. The topological polar surface area (TPSA) is 127 Å². The zero-order chi connectivity index (χ0) is 33.1. The monoisotopic (exact) mass is 693 g/mol. The van der Waals surface area contributed by atoms with E-state index in [2.05, 4.69) is 15.9 Å². The van der Waals surface area contributed by atoms with E-state index in [1.165, 1.54) is 37.3 Å². The Labute approximate surface area is 278 Å². The number of nitrogens with zero attached hydrogens (tertiary/aromatic N) is 1. The molecular formula is C37H28BrNO8. The van der Waals surface area contributed by atoms with Crippen molar-refractivity contribution in [3.63, 3.8) is 0 Å². The van der Waals surface area contributed by atoms with Crippen LogP contribution >= 0.6 is 15.9 Å². The summed E-state index contributed by atoms with van der Waals surface area (Å²) in [5.41, 5.74) is 2.97. The summed E-state index contributed by atoms with van der Waals surface area (Å²) >= 11 is 3.24. The second-order valence-electron chi connectivity index (χ2n) is 11.9. The highest BCUT2D eigenvalue weighted by atomic mass is 79.9. The maximum absolute atomic E-state index is 14.3. The van der Waals surface area contributed by atoms with Crippen LogP contribution in [-0.2, 0) is 19.2 Å². The SMILES string of the molecule is COc1cc(O)cc(OC)c1[C@H]1C2=CC[C@@H]3C(=O)N(c4ccc(C(=O)c5ccccc5)cc4)C(=O)[C@@H]3[C@@H]2CC2=C1C(=O)C=C(Br)C2=O. The summed E-state index contributed by atoms with van der Waals surface area (Å²) in [7, 11) is 2.86. The largest absolute Gasteiger partial charge is 0.508 e. The molecule has 1 saturated heterocycles. The molecule has 236 valence electrons. The molecule has 4 aliphatic rings. The van der Waals surface area contributed by atoms with Crippen LogP contribution in [0.5, 0.6) is 17.2 Å². The molecule has 0 unspecified atom stereocenters. The molecule has 3 aromatic carbocycles. The van der Waals surface area contributed by atoms with E-state index in [1.807, 2.05) is 12.1 Å². The van der Waals surface area contributed by atoms with Gasteiger partial charge in [0.1, 0.15) is 17.2 Å². The van der Waals surface area contributed by atoms with E-state index in [9.17, 15) is 29.1 Å². The van der Waals surface area contributed by atoms with Gasteiger partial charge in [-0.25, -0.2) is 0 Å². The molecule has 3 aromatic rings. The fourth-order valence-electron chi connectivity index (χ4n) is 7.52. The number of phenolic OH excluding ortho intramolecular Hbond substituents is 1. The number of aromatic hydroxyl groups is 1. The zero-order valence-corrected chi connectivity index (χ0v) is 26.9. The molecule has 2 amide bonds. The molecule has 3 aliphatic carbocycles. The number of allylic oxidation sites excluding steroid dienone is 6. The minimum atomic E-state index is -0.830. The van der Waals surface area contributed by atoms with E-state index in [0.717, 1.165) is 0 Å². The number of fused-ring (bicyclic) bond motifs is 3. The quantitative estimate of drug-likeness (QED) is 0.153. The van der Waals surface area contributed by atoms with Gasteiger partial charge in [-0.1, -0.05) is 42.0 Å². The predicted molar refractivity (Wildman–Crippen MR) is 175 cm³/mol. The average molecular weight is 695 g/mol. The summed E-state index contributed by atoms with van der Waals surface area (Å²) in [6.07, 6.45) is 3.48. The number of imide groups is 1. The van der Waals surface area contributed by atoms with Gasteiger partial charge < -0.3 is 14.6 Å². The molecule has 0 spiro atoms. The Bertz CT molecular complexity index is 1970. The molecule has 0 radical (unpaired) electrons. The van der Waals surface area contributed by atoms with Crippen LogP contribution in [0.2, 0.25) is 0 Å². The minimum Gasteiger partial charge on any atom is -0.508 e. The minimum absolute atomic E-state index is 0.0897. The lowest BCUT2D eigenvalue weighted by atomic mass is 9.59. The van der Waals surface area contributed by atoms with Crippen molar-refractivity contribution in [1.82, 2.24) is 0 Å². The second-order valence-corrected chi connectivity index (χ2v) is 12.8. The van der Waals surface area contributed by atoms with Crippen LogP contribution in [0.1, 0.15) is 40.2 Å². The van der Waals surface area contributed by atoms with Crippen LogP contribution in [0.4, 0.5) is 5.69 Å². The van der Waals surface area contributed by atoms with Crippen molar-refractivity contribution in [3.8, 4) is 17.2 Å². The van der Waals surface area contributed by atoms with Gasteiger partial charge in [-0.3, -0.25) is 28.9 Å². The van der Waals surface area contributed by atoms with Crippen molar-refractivity contribution < 1.29 is 38.6 Å². The van der Waals surface area contributed by atoms with Gasteiger partial charge in [0.2, 0.25) is 11.8 Å². The number of rotatable bonds is 6. The zero-order valence-electron chi connectivity index (χ0n) is 25.4. The van der Waals surface area contributed by atoms with Gasteiger partial charge in [0.05, 0.1) is 36.2 Å². The van der Waals surface area contributed by atoms with Crippen LogP contribution in [0.3, 0.4) is 0 Å². The standard InChI is InChI=1S/C37H28BrNO8/c1-46-28-14-21(40)15-29(47-2)33(28)32-22-12-13-23-30(24(22)16-25-31(32)27(41)17-26(38)35(25)43)37(45)39(36(23)44)20-10-8-19(9-11-20)34(42)18-6-4-3-5-7-18/h3-12,14-15,17,23-24,30,32,40H,13,16H2,1-2H3/t23-,24+,30-,32-/m0/s1. The Morgan fingerprint density at radius 2 is 1.51 bits per heavy atom. The lowest BCUT2D eigenvalue weighted by Gasteiger charge is -2.42. The molecule has 1 heterocycles. The first-order valence-corrected chi connectivity index (χ1v) is 15.9. The number of carbonyl (C=O) groups is 5. The number of Topliss-reactive ketones (excluding diaryl/α,β-unsaturated/α-hetero) is 1. The molecule has 1 fully saturated rings. The molecule has 47 heavy (non-hydrogen) atoms. The van der Waals surface area contributed by atoms with Crippen LogP contribution < -0.4 is 14.4 Å². The number of amides is 2. The number of ether oxygens (including phenoxy) is 2. The van der Waals surface area contributed by atoms with Gasteiger partial charge in [-0.05, 0) is 59.0 Å². The number of anilines is 1. The molecule has 0 bridgehead atoms. The Morgan fingerprint density at radius 3 is 2.15 bits per heavy atom. The normalized spacial score (nSPS) is 23.5. The maximum atomic E-state index is 14.3. The van der Waals surface area contributed by atoms with Crippen LogP contribution in [0.15, 0.2) is 100 Å². The average Bonchev–Trinajstić information content (AvgIpc) is 3.35. The Hall–Kier alpha value is -5.09. The first-order chi connectivity index (χ1) is 22.6. The van der Waals surface area contributed by atoms with E-state index in [4.69, 9.17) is 9.47 Å². The van der Waals surface area contributed by atoms with E-state index < -0.39 is 29.6 Å². The van der Waals surface area contributed by atoms with E-state index in [1.54, 1.807) is 48.5 Å². The number of halogens is 1. The van der Waals surface area contributed by atoms with E-state index in [0.29, 0.717) is 28.0 Å². The number of carbonyl (C=O) groups excluding carboxylic acids is 5. The Morgan fingerprint density at radius 1 is 0.872 bits per heavy atom. The van der Waals surface area contributed by atoms with Crippen molar-refractivity contribution in [2.75, 3.05) is 19.1 Å². The molecule has 10 heteroatoms. The first-order valence-electron chi connectivity index (χ1n) is 15.1. The Balaban J connectivity index is 1.30. The molecule has 4 atom stereocenters. The van der Waals surface area contributed by atoms with Crippen LogP contribution in [0, 0.1) is 17.8 Å². The lowest BCUT2D eigenvalue weighted by molar-refractivity contribution is -0.123. The third-order valence-corrected chi connectivity index (χ3v) is 10.2. The highest BCUT2D eigenvalue weighted by molar-refractivity contribution is 9.12. The van der Waals surface area contributed by atoms with Crippen molar-refractivity contribution in [2.24, 2.45) is 17.8 Å². The van der Waals surface area contributed by atoms with Gasteiger partial charge in [0.25, 0.3) is 0 Å². The second kappa shape index (κ2) is 11.6. The van der Waals surface area contributed by atoms with Crippen LogP contribution in [-0.4, -0.2) is 48.5 Å². The molecule has 7 rings (SSSR count). The highest BCUT2D eigenvalue weighted by Gasteiger charge is 2.57. The number of ketones is 3. The molecule has 1 N–H and O–H groups in total. The summed E-state index contributed by atoms with van der Waals surface area (Å²) in [5, 5.41) is 10.4. The van der Waals surface area contributed by atoms with Crippen molar-refractivity contribution in [3.05, 3.63) is 117 Å². The van der Waals surface area contributed by atoms with Crippen molar-refractivity contribution >= 4 is 50.8 Å². The lowest BCUT2D eigenvalue weighted by Crippen LogP contribution is -2.39. The van der Waals surface area contributed by atoms with Crippen molar-refractivity contribution in [1.29, 1.82) is 0 Å². The number of hydrogen-bond donors (Lipinski definition) is 1. The van der Waals surface area contributed by atoms with Gasteiger partial charge in [-0.15, -0.1) is 0 Å².